The predicted molar refractivity (Wildman–Crippen MR) is 160 cm³/mol. The number of carbonyl (C=O) groups is 3. The molecule has 0 radical (unpaired) electrons. The number of carbonyl (C=O) groups excluding carboxylic acids is 2. The van der Waals surface area contributed by atoms with E-state index in [0.717, 1.165) is 38.5 Å². The summed E-state index contributed by atoms with van der Waals surface area (Å²) < 4.78 is 17.0. The highest BCUT2D eigenvalue weighted by Gasteiger charge is 2.31. The van der Waals surface area contributed by atoms with Crippen molar-refractivity contribution in [2.75, 3.05) is 41.0 Å². The molecule has 40 heavy (non-hydrogen) atoms. The van der Waals surface area contributed by atoms with E-state index in [9.17, 15) is 19.5 Å². The summed E-state index contributed by atoms with van der Waals surface area (Å²) in [5, 5.41) is 9.50. The van der Waals surface area contributed by atoms with E-state index in [-0.39, 0.29) is 36.2 Å². The summed E-state index contributed by atoms with van der Waals surface area (Å²) in [6, 6.07) is -0.604. The van der Waals surface area contributed by atoms with E-state index in [2.05, 4.69) is 13.8 Å². The number of aliphatic carboxylic acids is 1. The second-order valence-electron chi connectivity index (χ2n) is 12.1. The number of unbranched alkanes of at least 4 members (excludes halogenated alkanes) is 14. The van der Waals surface area contributed by atoms with E-state index in [1.165, 1.54) is 64.2 Å². The maximum atomic E-state index is 12.4. The fourth-order valence-corrected chi connectivity index (χ4v) is 4.68. The number of hydrogen-bond acceptors (Lipinski definition) is 6. The molecule has 0 aromatic carbocycles. The molecule has 0 rings (SSSR count). The van der Waals surface area contributed by atoms with Gasteiger partial charge in [-0.25, -0.2) is 4.79 Å². The Morgan fingerprint density at radius 3 is 1.55 bits per heavy atom. The number of ether oxygens (including phenoxy) is 3. The largest absolute Gasteiger partial charge is 0.477 e. The molecule has 0 bridgehead atoms. The van der Waals surface area contributed by atoms with E-state index < -0.39 is 18.1 Å². The van der Waals surface area contributed by atoms with Crippen LogP contribution >= 0.6 is 0 Å². The average Bonchev–Trinajstić information content (AvgIpc) is 2.89. The van der Waals surface area contributed by atoms with Crippen LogP contribution in [0.3, 0.4) is 0 Å². The zero-order valence-electron chi connectivity index (χ0n) is 26.6. The van der Waals surface area contributed by atoms with Crippen LogP contribution in [0.1, 0.15) is 136 Å². The maximum Gasteiger partial charge on any atom is 0.362 e. The fraction of sp³-hybridized carbons (Fsp3) is 0.906. The minimum atomic E-state index is -0.876. The normalized spacial score (nSPS) is 13.1. The van der Waals surface area contributed by atoms with Crippen LogP contribution in [0.15, 0.2) is 0 Å². The van der Waals surface area contributed by atoms with E-state index in [4.69, 9.17) is 14.2 Å². The van der Waals surface area contributed by atoms with Crippen LogP contribution in [-0.2, 0) is 28.6 Å². The van der Waals surface area contributed by atoms with Gasteiger partial charge in [0.2, 0.25) is 0 Å². The molecular weight excluding hydrogens is 510 g/mol. The van der Waals surface area contributed by atoms with Gasteiger partial charge in [-0.3, -0.25) is 9.59 Å². The van der Waals surface area contributed by atoms with Gasteiger partial charge in [-0.2, -0.15) is 0 Å². The third kappa shape index (κ3) is 23.1. The molecule has 1 N–H and O–H groups in total. The standard InChI is InChI=1S/C32H61NO7/c1-6-8-10-12-14-15-16-17-19-20-22-30(34)39-27-28(40-31(35)23-21-18-13-11-9-7-2)26-38-25-24-29(32(36)37)33(3,4)5/h28-29H,6-27H2,1-5H3/p+1/t28-,29-/m0/s1. The molecule has 0 aliphatic carbocycles. The molecule has 236 valence electrons. The molecule has 0 aromatic heterocycles. The topological polar surface area (TPSA) is 99.1 Å². The highest BCUT2D eigenvalue weighted by molar-refractivity contribution is 5.72. The Morgan fingerprint density at radius 2 is 1.10 bits per heavy atom. The van der Waals surface area contributed by atoms with Gasteiger partial charge in [0.15, 0.2) is 12.1 Å². The van der Waals surface area contributed by atoms with Crippen LogP contribution in [0.5, 0.6) is 0 Å². The number of carboxylic acid groups (broad SMARTS) is 1. The number of likely N-dealkylation sites (N-methyl/N-ethyl adjacent to an activating group) is 1. The molecule has 2 atom stereocenters. The maximum absolute atomic E-state index is 12.4. The molecule has 0 saturated carbocycles. The van der Waals surface area contributed by atoms with Crippen LogP contribution in [-0.4, -0.2) is 80.6 Å². The summed E-state index contributed by atoms with van der Waals surface area (Å²) in [5.74, 6) is -1.48. The molecular formula is C32H62NO7+. The first-order valence-electron chi connectivity index (χ1n) is 16.1. The lowest BCUT2D eigenvalue weighted by molar-refractivity contribution is -0.887. The van der Waals surface area contributed by atoms with Crippen molar-refractivity contribution in [3.63, 3.8) is 0 Å². The van der Waals surface area contributed by atoms with Gasteiger partial charge in [-0.1, -0.05) is 104 Å². The Bertz CT molecular complexity index is 648. The summed E-state index contributed by atoms with van der Waals surface area (Å²) >= 11 is 0. The van der Waals surface area contributed by atoms with Gasteiger partial charge in [-0.15, -0.1) is 0 Å². The van der Waals surface area contributed by atoms with Crippen LogP contribution in [0.25, 0.3) is 0 Å². The van der Waals surface area contributed by atoms with Gasteiger partial charge in [-0.05, 0) is 12.8 Å². The van der Waals surface area contributed by atoms with Crippen LogP contribution < -0.4 is 0 Å². The lowest BCUT2D eigenvalue weighted by atomic mass is 10.1. The summed E-state index contributed by atoms with van der Waals surface area (Å²) in [4.78, 5) is 36.3. The van der Waals surface area contributed by atoms with E-state index in [1.54, 1.807) is 0 Å². The third-order valence-corrected chi connectivity index (χ3v) is 7.26. The molecule has 0 unspecified atom stereocenters. The number of quaternary nitrogens is 1. The summed E-state index contributed by atoms with van der Waals surface area (Å²) in [5.41, 5.74) is 0. The zero-order valence-corrected chi connectivity index (χ0v) is 26.6. The Hall–Kier alpha value is -1.67. The molecule has 0 aliphatic heterocycles. The first-order chi connectivity index (χ1) is 19.1. The third-order valence-electron chi connectivity index (χ3n) is 7.26. The van der Waals surface area contributed by atoms with Crippen molar-refractivity contribution in [1.29, 1.82) is 0 Å². The number of hydrogen-bond donors (Lipinski definition) is 1. The van der Waals surface area contributed by atoms with Crippen molar-refractivity contribution >= 4 is 17.9 Å². The Labute approximate surface area is 245 Å². The van der Waals surface area contributed by atoms with Crippen LogP contribution in [0.2, 0.25) is 0 Å². The number of carboxylic acids is 1. The number of esters is 2. The minimum absolute atomic E-state index is 0.0451. The second-order valence-corrected chi connectivity index (χ2v) is 12.1. The van der Waals surface area contributed by atoms with Gasteiger partial charge < -0.3 is 23.8 Å². The number of rotatable bonds is 28. The van der Waals surface area contributed by atoms with Crippen molar-refractivity contribution in [2.45, 2.75) is 148 Å². The summed E-state index contributed by atoms with van der Waals surface area (Å²) in [7, 11) is 5.50. The van der Waals surface area contributed by atoms with Crippen molar-refractivity contribution in [2.24, 2.45) is 0 Å². The molecule has 0 fully saturated rings. The Balaban J connectivity index is 4.45. The van der Waals surface area contributed by atoms with Gasteiger partial charge in [0, 0.05) is 19.3 Å². The van der Waals surface area contributed by atoms with Crippen molar-refractivity contribution in [3.05, 3.63) is 0 Å². The molecule has 8 nitrogen and oxygen atoms in total. The Kier molecular flexibility index (Phi) is 24.0. The van der Waals surface area contributed by atoms with Gasteiger partial charge in [0.25, 0.3) is 0 Å². The second kappa shape index (κ2) is 25.1. The van der Waals surface area contributed by atoms with Crippen molar-refractivity contribution < 1.29 is 38.2 Å². The zero-order chi connectivity index (χ0) is 30.1. The quantitative estimate of drug-likeness (QED) is 0.0608. The SMILES string of the molecule is CCCCCCCCCCCCC(=O)OC[C@H](COCC[C@@H](C(=O)O)[N+](C)(C)C)OC(=O)CCCCCCCC. The monoisotopic (exact) mass is 572 g/mol. The Morgan fingerprint density at radius 1 is 0.650 bits per heavy atom. The molecule has 0 spiro atoms. The van der Waals surface area contributed by atoms with Crippen molar-refractivity contribution in [3.8, 4) is 0 Å². The molecule has 0 aromatic rings. The van der Waals surface area contributed by atoms with Crippen LogP contribution in [0, 0.1) is 0 Å². The highest BCUT2D eigenvalue weighted by Crippen LogP contribution is 2.13. The average molecular weight is 573 g/mol. The molecule has 8 heteroatoms. The molecule has 0 heterocycles. The summed E-state index contributed by atoms with van der Waals surface area (Å²) in [6.07, 6.45) is 18.8. The highest BCUT2D eigenvalue weighted by atomic mass is 16.6. The molecule has 0 saturated heterocycles. The van der Waals surface area contributed by atoms with Gasteiger partial charge >= 0.3 is 17.9 Å². The first-order valence-corrected chi connectivity index (χ1v) is 16.1. The van der Waals surface area contributed by atoms with E-state index in [1.807, 2.05) is 21.1 Å². The predicted octanol–water partition coefficient (Wildman–Crippen LogP) is 7.07. The molecule has 0 aliphatic rings. The summed E-state index contributed by atoms with van der Waals surface area (Å²) in [6.45, 7) is 4.64. The van der Waals surface area contributed by atoms with E-state index in [0.29, 0.717) is 19.3 Å². The fourth-order valence-electron chi connectivity index (χ4n) is 4.68. The smallest absolute Gasteiger partial charge is 0.362 e. The lowest BCUT2D eigenvalue weighted by Crippen LogP contribution is -2.50. The first kappa shape index (κ1) is 38.3. The van der Waals surface area contributed by atoms with E-state index >= 15 is 0 Å². The van der Waals surface area contributed by atoms with Crippen molar-refractivity contribution in [1.82, 2.24) is 0 Å². The number of nitrogens with zero attached hydrogens (tertiary/aromatic N) is 1. The van der Waals surface area contributed by atoms with Gasteiger partial charge in [0.1, 0.15) is 6.61 Å². The van der Waals surface area contributed by atoms with Crippen LogP contribution in [0.4, 0.5) is 0 Å². The minimum Gasteiger partial charge on any atom is -0.477 e. The van der Waals surface area contributed by atoms with Gasteiger partial charge in [0.05, 0.1) is 34.4 Å². The molecule has 0 amide bonds. The lowest BCUT2D eigenvalue weighted by Gasteiger charge is -2.31.